The highest BCUT2D eigenvalue weighted by Gasteiger charge is 2.13. The van der Waals surface area contributed by atoms with Gasteiger partial charge < -0.3 is 14.8 Å². The molecule has 0 unspecified atom stereocenters. The van der Waals surface area contributed by atoms with Crippen molar-refractivity contribution in [2.24, 2.45) is 0 Å². The Labute approximate surface area is 148 Å². The largest absolute Gasteiger partial charge is 0.356 e. The molecule has 0 aliphatic rings. The van der Waals surface area contributed by atoms with E-state index in [0.29, 0.717) is 28.0 Å². The third-order valence-corrected chi connectivity index (χ3v) is 4.64. The summed E-state index contributed by atoms with van der Waals surface area (Å²) in [6.07, 6.45) is 0.110. The number of pyridine rings is 1. The topological polar surface area (TPSA) is 88.0 Å². The summed E-state index contributed by atoms with van der Waals surface area (Å²) in [6, 6.07) is 12.9. The van der Waals surface area contributed by atoms with Crippen LogP contribution in [0.15, 0.2) is 51.8 Å². The number of aromatic nitrogens is 2. The standard InChI is InChI=1S/C20H17N3O3/c1-11-12(2)20(25)22-16-9-13(7-8-14(11)16)21-19(24)10-17-15-5-3-4-6-18(15)26-23-17/h3-9H,10H2,1-2H3,(H,21,24)(H,22,25). The van der Waals surface area contributed by atoms with Gasteiger partial charge in [0.2, 0.25) is 5.91 Å². The molecule has 1 amide bonds. The van der Waals surface area contributed by atoms with Crippen LogP contribution in [0.4, 0.5) is 5.69 Å². The molecule has 6 heteroatoms. The van der Waals surface area contributed by atoms with E-state index >= 15 is 0 Å². The number of hydrogen-bond donors (Lipinski definition) is 2. The first-order valence-electron chi connectivity index (χ1n) is 8.29. The summed E-state index contributed by atoms with van der Waals surface area (Å²) in [6.45, 7) is 3.71. The van der Waals surface area contributed by atoms with E-state index in [-0.39, 0.29) is 17.9 Å². The minimum atomic E-state index is -0.199. The lowest BCUT2D eigenvalue weighted by Gasteiger charge is -2.09. The van der Waals surface area contributed by atoms with Gasteiger partial charge in [0.25, 0.3) is 5.56 Å². The van der Waals surface area contributed by atoms with Gasteiger partial charge in [-0.3, -0.25) is 9.59 Å². The van der Waals surface area contributed by atoms with Gasteiger partial charge in [0.15, 0.2) is 5.58 Å². The van der Waals surface area contributed by atoms with E-state index in [0.717, 1.165) is 16.3 Å². The SMILES string of the molecule is Cc1c(C)c2ccc(NC(=O)Cc3noc4ccccc34)cc2[nH]c1=O. The van der Waals surface area contributed by atoms with Crippen LogP contribution in [0.25, 0.3) is 21.9 Å². The zero-order valence-corrected chi connectivity index (χ0v) is 14.4. The molecule has 0 atom stereocenters. The Morgan fingerprint density at radius 1 is 1.12 bits per heavy atom. The maximum Gasteiger partial charge on any atom is 0.251 e. The molecule has 0 radical (unpaired) electrons. The summed E-state index contributed by atoms with van der Waals surface area (Å²) in [5.74, 6) is -0.199. The number of H-pyrrole nitrogens is 1. The number of benzene rings is 2. The van der Waals surface area contributed by atoms with Gasteiger partial charge in [-0.2, -0.15) is 0 Å². The van der Waals surface area contributed by atoms with Crippen molar-refractivity contribution in [1.29, 1.82) is 0 Å². The summed E-state index contributed by atoms with van der Waals surface area (Å²) in [5.41, 5.74) is 4.09. The predicted octanol–water partition coefficient (Wildman–Crippen LogP) is 3.47. The second-order valence-electron chi connectivity index (χ2n) is 6.31. The molecular weight excluding hydrogens is 330 g/mol. The van der Waals surface area contributed by atoms with Crippen LogP contribution in [0.2, 0.25) is 0 Å². The number of rotatable bonds is 3. The number of carbonyl (C=O) groups is 1. The highest BCUT2D eigenvalue weighted by Crippen LogP contribution is 2.22. The first-order valence-corrected chi connectivity index (χ1v) is 8.29. The third-order valence-electron chi connectivity index (χ3n) is 4.64. The van der Waals surface area contributed by atoms with Gasteiger partial charge in [-0.15, -0.1) is 0 Å². The lowest BCUT2D eigenvalue weighted by Crippen LogP contribution is -2.15. The third kappa shape index (κ3) is 2.75. The maximum absolute atomic E-state index is 12.4. The quantitative estimate of drug-likeness (QED) is 0.594. The van der Waals surface area contributed by atoms with Crippen LogP contribution in [0.5, 0.6) is 0 Å². The Hall–Kier alpha value is -3.41. The number of amides is 1. The summed E-state index contributed by atoms with van der Waals surface area (Å²) in [5, 5.41) is 8.62. The molecule has 0 fully saturated rings. The molecule has 130 valence electrons. The van der Waals surface area contributed by atoms with E-state index in [1.54, 1.807) is 13.0 Å². The number of aromatic amines is 1. The van der Waals surface area contributed by atoms with Crippen molar-refractivity contribution in [3.8, 4) is 0 Å². The maximum atomic E-state index is 12.4. The number of carbonyl (C=O) groups excluding carboxylic acids is 1. The first kappa shape index (κ1) is 16.1. The Bertz CT molecular complexity index is 1200. The van der Waals surface area contributed by atoms with Crippen molar-refractivity contribution < 1.29 is 9.32 Å². The van der Waals surface area contributed by atoms with Crippen molar-refractivity contribution in [3.63, 3.8) is 0 Å². The molecule has 2 N–H and O–H groups in total. The number of nitrogens with zero attached hydrogens (tertiary/aromatic N) is 1. The average molecular weight is 347 g/mol. The summed E-state index contributed by atoms with van der Waals surface area (Å²) in [7, 11) is 0. The second-order valence-corrected chi connectivity index (χ2v) is 6.31. The molecule has 0 aliphatic carbocycles. The van der Waals surface area contributed by atoms with Crippen LogP contribution in [-0.4, -0.2) is 16.0 Å². The molecule has 0 saturated heterocycles. The van der Waals surface area contributed by atoms with E-state index < -0.39 is 0 Å². The van der Waals surface area contributed by atoms with Gasteiger partial charge in [-0.25, -0.2) is 0 Å². The zero-order valence-electron chi connectivity index (χ0n) is 14.4. The molecule has 0 spiro atoms. The number of anilines is 1. The van der Waals surface area contributed by atoms with Crippen molar-refractivity contribution in [3.05, 3.63) is 69.6 Å². The minimum absolute atomic E-state index is 0.110. The van der Waals surface area contributed by atoms with Crippen LogP contribution >= 0.6 is 0 Å². The summed E-state index contributed by atoms with van der Waals surface area (Å²) < 4.78 is 5.23. The van der Waals surface area contributed by atoms with Crippen LogP contribution in [0, 0.1) is 13.8 Å². The minimum Gasteiger partial charge on any atom is -0.356 e. The molecule has 26 heavy (non-hydrogen) atoms. The molecule has 6 nitrogen and oxygen atoms in total. The van der Waals surface area contributed by atoms with Crippen LogP contribution in [0.3, 0.4) is 0 Å². The summed E-state index contributed by atoms with van der Waals surface area (Å²) >= 11 is 0. The molecule has 4 aromatic rings. The zero-order chi connectivity index (χ0) is 18.3. The molecule has 2 aromatic heterocycles. The van der Waals surface area contributed by atoms with Crippen molar-refractivity contribution in [2.75, 3.05) is 5.32 Å². The lowest BCUT2D eigenvalue weighted by molar-refractivity contribution is -0.115. The number of hydrogen-bond acceptors (Lipinski definition) is 4. The number of para-hydroxylation sites is 1. The van der Waals surface area contributed by atoms with E-state index in [9.17, 15) is 9.59 Å². The van der Waals surface area contributed by atoms with Gasteiger partial charge in [0.1, 0.15) is 5.69 Å². The highest BCUT2D eigenvalue weighted by molar-refractivity contribution is 5.96. The lowest BCUT2D eigenvalue weighted by atomic mass is 10.1. The van der Waals surface area contributed by atoms with E-state index in [4.69, 9.17) is 4.52 Å². The molecular formula is C20H17N3O3. The van der Waals surface area contributed by atoms with Gasteiger partial charge >= 0.3 is 0 Å². The van der Waals surface area contributed by atoms with Crippen LogP contribution < -0.4 is 10.9 Å². The second kappa shape index (κ2) is 6.15. The fourth-order valence-electron chi connectivity index (χ4n) is 3.06. The van der Waals surface area contributed by atoms with E-state index in [1.807, 2.05) is 43.3 Å². The predicted molar refractivity (Wildman–Crippen MR) is 100 cm³/mol. The molecule has 0 aliphatic heterocycles. The number of aryl methyl sites for hydroxylation is 1. The van der Waals surface area contributed by atoms with Crippen LogP contribution in [0.1, 0.15) is 16.8 Å². The Morgan fingerprint density at radius 2 is 1.92 bits per heavy atom. The molecule has 0 saturated carbocycles. The Morgan fingerprint density at radius 3 is 2.77 bits per heavy atom. The van der Waals surface area contributed by atoms with Crippen molar-refractivity contribution in [1.82, 2.24) is 10.1 Å². The molecule has 4 rings (SSSR count). The van der Waals surface area contributed by atoms with Gasteiger partial charge in [0, 0.05) is 22.0 Å². The smallest absolute Gasteiger partial charge is 0.251 e. The number of fused-ring (bicyclic) bond motifs is 2. The molecule has 2 heterocycles. The molecule has 2 aromatic carbocycles. The Kier molecular flexibility index (Phi) is 3.80. The van der Waals surface area contributed by atoms with Crippen molar-refractivity contribution >= 4 is 33.5 Å². The normalized spacial score (nSPS) is 11.2. The summed E-state index contributed by atoms with van der Waals surface area (Å²) in [4.78, 5) is 27.2. The fourth-order valence-corrected chi connectivity index (χ4v) is 3.06. The highest BCUT2D eigenvalue weighted by atomic mass is 16.5. The average Bonchev–Trinajstić information content (AvgIpc) is 3.02. The number of nitrogens with one attached hydrogen (secondary N) is 2. The van der Waals surface area contributed by atoms with Crippen molar-refractivity contribution in [2.45, 2.75) is 20.3 Å². The van der Waals surface area contributed by atoms with E-state index in [1.165, 1.54) is 0 Å². The monoisotopic (exact) mass is 347 g/mol. The van der Waals surface area contributed by atoms with Gasteiger partial charge in [-0.1, -0.05) is 23.4 Å². The first-order chi connectivity index (χ1) is 12.5. The van der Waals surface area contributed by atoms with Crippen LogP contribution in [-0.2, 0) is 11.2 Å². The fraction of sp³-hybridized carbons (Fsp3) is 0.150. The Balaban J connectivity index is 1.59. The van der Waals surface area contributed by atoms with Gasteiger partial charge in [-0.05, 0) is 43.7 Å². The molecule has 0 bridgehead atoms. The van der Waals surface area contributed by atoms with Gasteiger partial charge in [0.05, 0.1) is 11.9 Å². The van der Waals surface area contributed by atoms with E-state index in [2.05, 4.69) is 15.5 Å².